The average molecular weight is 347 g/mol. The summed E-state index contributed by atoms with van der Waals surface area (Å²) in [6.07, 6.45) is 1.13. The van der Waals surface area contributed by atoms with Gasteiger partial charge < -0.3 is 5.32 Å². The lowest BCUT2D eigenvalue weighted by Crippen LogP contribution is -1.99. The zero-order valence-electron chi connectivity index (χ0n) is 9.94. The molecule has 0 atom stereocenters. The molecule has 20 heavy (non-hydrogen) atoms. The van der Waals surface area contributed by atoms with Gasteiger partial charge in [0.25, 0.3) is 0 Å². The second-order valence-electron chi connectivity index (χ2n) is 4.41. The summed E-state index contributed by atoms with van der Waals surface area (Å²) in [6, 6.07) is 5.57. The molecule has 3 rings (SSSR count). The first-order valence-electron chi connectivity index (χ1n) is 5.73. The molecule has 102 valence electrons. The van der Waals surface area contributed by atoms with E-state index in [0.29, 0.717) is 33.6 Å². The molecule has 0 aromatic heterocycles. The number of carbonyl (C=O) groups is 1. The summed E-state index contributed by atoms with van der Waals surface area (Å²) in [4.78, 5) is 10.7. The second-order valence-corrected chi connectivity index (χ2v) is 5.98. The lowest BCUT2D eigenvalue weighted by atomic mass is 10.1. The smallest absolute Gasteiger partial charge is 0.211 e. The number of nitrogens with one attached hydrogen (secondary N) is 1. The maximum atomic E-state index is 10.7. The van der Waals surface area contributed by atoms with E-state index in [4.69, 9.17) is 46.4 Å². The highest BCUT2D eigenvalue weighted by molar-refractivity contribution is 6.48. The highest BCUT2D eigenvalue weighted by Gasteiger charge is 2.28. The van der Waals surface area contributed by atoms with Gasteiger partial charge in [-0.15, -0.1) is 0 Å². The van der Waals surface area contributed by atoms with Crippen LogP contribution in [0.5, 0.6) is 0 Å². The van der Waals surface area contributed by atoms with E-state index in [1.807, 2.05) is 12.1 Å². The molecular weight excluding hydrogens is 340 g/mol. The van der Waals surface area contributed by atoms with Crippen molar-refractivity contribution in [2.75, 3.05) is 5.32 Å². The van der Waals surface area contributed by atoms with Gasteiger partial charge in [0.05, 0.1) is 20.8 Å². The third kappa shape index (κ3) is 1.99. The molecule has 0 spiro atoms. The minimum Gasteiger partial charge on any atom is -0.326 e. The van der Waals surface area contributed by atoms with Crippen molar-refractivity contribution in [2.45, 2.75) is 6.42 Å². The highest BCUT2D eigenvalue weighted by Crippen LogP contribution is 2.51. The Morgan fingerprint density at radius 3 is 2.50 bits per heavy atom. The molecule has 1 N–H and O–H groups in total. The van der Waals surface area contributed by atoms with Crippen molar-refractivity contribution in [2.24, 2.45) is 0 Å². The number of halogens is 4. The minimum atomic E-state index is 0.241. The first-order chi connectivity index (χ1) is 9.54. The van der Waals surface area contributed by atoms with Gasteiger partial charge in [0.15, 0.2) is 0 Å². The Kier molecular flexibility index (Phi) is 3.59. The number of benzene rings is 2. The fourth-order valence-electron chi connectivity index (χ4n) is 2.48. The van der Waals surface area contributed by atoms with Crippen LogP contribution < -0.4 is 5.32 Å². The SMILES string of the molecule is O=CNc1c(Cl)c(Cl)c2c(c1Cl)Cc1cc(Cl)ccc1-2. The van der Waals surface area contributed by atoms with Crippen molar-refractivity contribution >= 4 is 58.5 Å². The largest absolute Gasteiger partial charge is 0.326 e. The van der Waals surface area contributed by atoms with Crippen LogP contribution in [-0.4, -0.2) is 6.41 Å². The Balaban J connectivity index is 2.31. The number of hydrogen-bond acceptors (Lipinski definition) is 1. The molecule has 0 fully saturated rings. The van der Waals surface area contributed by atoms with Crippen LogP contribution in [0, 0.1) is 0 Å². The van der Waals surface area contributed by atoms with E-state index in [1.54, 1.807) is 6.07 Å². The van der Waals surface area contributed by atoms with Crippen molar-refractivity contribution in [3.63, 3.8) is 0 Å². The predicted molar refractivity (Wildman–Crippen MR) is 84.4 cm³/mol. The fourth-order valence-corrected chi connectivity index (χ4v) is 3.59. The van der Waals surface area contributed by atoms with Gasteiger partial charge in [0.2, 0.25) is 6.41 Å². The van der Waals surface area contributed by atoms with E-state index < -0.39 is 0 Å². The Morgan fingerprint density at radius 2 is 1.80 bits per heavy atom. The molecule has 1 aliphatic rings. The van der Waals surface area contributed by atoms with Gasteiger partial charge in [-0.05, 0) is 28.8 Å². The monoisotopic (exact) mass is 345 g/mol. The molecule has 0 saturated carbocycles. The molecule has 1 amide bonds. The zero-order chi connectivity index (χ0) is 14.4. The summed E-state index contributed by atoms with van der Waals surface area (Å²) < 4.78 is 0. The summed E-state index contributed by atoms with van der Waals surface area (Å²) in [7, 11) is 0. The van der Waals surface area contributed by atoms with Crippen LogP contribution in [0.1, 0.15) is 11.1 Å². The summed E-state index contributed by atoms with van der Waals surface area (Å²) >= 11 is 24.9. The van der Waals surface area contributed by atoms with E-state index in [9.17, 15) is 4.79 Å². The molecular formula is C14H7Cl4NO. The molecule has 0 bridgehead atoms. The lowest BCUT2D eigenvalue weighted by Gasteiger charge is -2.13. The number of amides is 1. The Hall–Kier alpha value is -0.930. The molecule has 2 aromatic carbocycles. The third-order valence-corrected chi connectivity index (χ3v) is 4.83. The molecule has 6 heteroatoms. The second kappa shape index (κ2) is 5.12. The maximum Gasteiger partial charge on any atom is 0.211 e. The van der Waals surface area contributed by atoms with Gasteiger partial charge >= 0.3 is 0 Å². The molecule has 0 radical (unpaired) electrons. The summed E-state index contributed by atoms with van der Waals surface area (Å²) in [5.74, 6) is 0. The number of hydrogen-bond donors (Lipinski definition) is 1. The standard InChI is InChI=1S/C14H7Cl4NO/c15-7-1-2-8-6(3-7)4-9-10(8)12(17)13(18)14(11(9)16)19-5-20/h1-3,5H,4H2,(H,19,20). The third-order valence-electron chi connectivity index (χ3n) is 3.33. The van der Waals surface area contributed by atoms with E-state index >= 15 is 0 Å². The van der Waals surface area contributed by atoms with Gasteiger partial charge in [0.1, 0.15) is 0 Å². The van der Waals surface area contributed by atoms with Crippen molar-refractivity contribution in [1.82, 2.24) is 0 Å². The van der Waals surface area contributed by atoms with Gasteiger partial charge in [-0.3, -0.25) is 4.79 Å². The van der Waals surface area contributed by atoms with Crippen molar-refractivity contribution in [3.8, 4) is 11.1 Å². The Bertz CT molecular complexity index is 743. The molecule has 2 aromatic rings. The number of anilines is 1. The van der Waals surface area contributed by atoms with Crippen molar-refractivity contribution in [3.05, 3.63) is 49.4 Å². The Labute approximate surface area is 135 Å². The topological polar surface area (TPSA) is 29.1 Å². The summed E-state index contributed by atoms with van der Waals surface area (Å²) in [6.45, 7) is 0. The molecule has 0 unspecified atom stereocenters. The molecule has 0 saturated heterocycles. The van der Waals surface area contributed by atoms with Crippen LogP contribution in [0.4, 0.5) is 5.69 Å². The first kappa shape index (κ1) is 14.0. The minimum absolute atomic E-state index is 0.241. The summed E-state index contributed by atoms with van der Waals surface area (Å²) in [5.41, 5.74) is 4.00. The van der Waals surface area contributed by atoms with Crippen LogP contribution in [0.2, 0.25) is 20.1 Å². The molecule has 0 aliphatic heterocycles. The molecule has 2 nitrogen and oxygen atoms in total. The van der Waals surface area contributed by atoms with Crippen LogP contribution >= 0.6 is 46.4 Å². The van der Waals surface area contributed by atoms with Crippen molar-refractivity contribution < 1.29 is 4.79 Å². The average Bonchev–Trinajstić information content (AvgIpc) is 2.79. The van der Waals surface area contributed by atoms with E-state index in [1.165, 1.54) is 0 Å². The molecule has 0 heterocycles. The van der Waals surface area contributed by atoms with Gasteiger partial charge in [0, 0.05) is 17.0 Å². The van der Waals surface area contributed by atoms with Gasteiger partial charge in [-0.25, -0.2) is 0 Å². The number of fused-ring (bicyclic) bond motifs is 3. The van der Waals surface area contributed by atoms with Crippen LogP contribution in [0.3, 0.4) is 0 Å². The van der Waals surface area contributed by atoms with Crippen LogP contribution in [0.25, 0.3) is 11.1 Å². The highest BCUT2D eigenvalue weighted by atomic mass is 35.5. The molecule has 1 aliphatic carbocycles. The van der Waals surface area contributed by atoms with Crippen LogP contribution in [-0.2, 0) is 11.2 Å². The lowest BCUT2D eigenvalue weighted by molar-refractivity contribution is -0.105. The van der Waals surface area contributed by atoms with E-state index in [-0.39, 0.29) is 5.02 Å². The normalized spacial score (nSPS) is 12.0. The Morgan fingerprint density at radius 1 is 1.05 bits per heavy atom. The van der Waals surface area contributed by atoms with Gasteiger partial charge in [-0.2, -0.15) is 0 Å². The fraction of sp³-hybridized carbons (Fsp3) is 0.0714. The zero-order valence-corrected chi connectivity index (χ0v) is 13.0. The number of carbonyl (C=O) groups excluding carboxylic acids is 1. The summed E-state index contributed by atoms with van der Waals surface area (Å²) in [5, 5.41) is 4.19. The first-order valence-corrected chi connectivity index (χ1v) is 7.24. The maximum absolute atomic E-state index is 10.7. The van der Waals surface area contributed by atoms with Crippen LogP contribution in [0.15, 0.2) is 18.2 Å². The number of rotatable bonds is 2. The van der Waals surface area contributed by atoms with Gasteiger partial charge in [-0.1, -0.05) is 52.5 Å². The quantitative estimate of drug-likeness (QED) is 0.485. The van der Waals surface area contributed by atoms with E-state index in [2.05, 4.69) is 5.32 Å². The van der Waals surface area contributed by atoms with Crippen molar-refractivity contribution in [1.29, 1.82) is 0 Å². The van der Waals surface area contributed by atoms with E-state index in [0.717, 1.165) is 22.3 Å². The predicted octanol–water partition coefficient (Wildman–Crippen LogP) is 5.44.